The summed E-state index contributed by atoms with van der Waals surface area (Å²) in [6.07, 6.45) is 3.88. The second kappa shape index (κ2) is 7.84. The molecular weight excluding hydrogens is 258 g/mol. The van der Waals surface area contributed by atoms with Gasteiger partial charge in [0.25, 0.3) is 0 Å². The lowest BCUT2D eigenvalue weighted by atomic mass is 10.0. The number of benzene rings is 1. The molecule has 0 spiro atoms. The number of rotatable bonds is 6. The first-order valence-corrected chi connectivity index (χ1v) is 8.52. The maximum absolute atomic E-state index is 6.07. The monoisotopic (exact) mass is 289 g/mol. The van der Waals surface area contributed by atoms with Crippen molar-refractivity contribution in [2.75, 3.05) is 26.2 Å². The van der Waals surface area contributed by atoms with Gasteiger partial charge in [-0.25, -0.2) is 0 Å². The molecule has 0 N–H and O–H groups in total. The van der Waals surface area contributed by atoms with Crippen molar-refractivity contribution in [3.05, 3.63) is 29.3 Å². The summed E-state index contributed by atoms with van der Waals surface area (Å²) in [5, 5.41) is 0. The van der Waals surface area contributed by atoms with Gasteiger partial charge in [0.1, 0.15) is 5.75 Å². The first-order chi connectivity index (χ1) is 10.1. The molecule has 0 amide bonds. The molecule has 1 aromatic rings. The summed E-state index contributed by atoms with van der Waals surface area (Å²) in [5.74, 6) is 2.46. The van der Waals surface area contributed by atoms with Crippen molar-refractivity contribution >= 4 is 0 Å². The molecule has 1 aliphatic heterocycles. The zero-order valence-corrected chi connectivity index (χ0v) is 14.2. The van der Waals surface area contributed by atoms with Gasteiger partial charge in [0.05, 0.1) is 6.61 Å². The van der Waals surface area contributed by atoms with Gasteiger partial charge < -0.3 is 9.64 Å². The van der Waals surface area contributed by atoms with Crippen molar-refractivity contribution in [3.63, 3.8) is 0 Å². The molecule has 1 aliphatic rings. The second-order valence-corrected chi connectivity index (χ2v) is 6.95. The maximum atomic E-state index is 6.07. The Balaban J connectivity index is 1.79. The van der Waals surface area contributed by atoms with Gasteiger partial charge in [-0.15, -0.1) is 0 Å². The van der Waals surface area contributed by atoms with E-state index < -0.39 is 0 Å². The van der Waals surface area contributed by atoms with Gasteiger partial charge in [0.2, 0.25) is 0 Å². The number of nitrogens with zero attached hydrogens (tertiary/aromatic N) is 1. The lowest BCUT2D eigenvalue weighted by Crippen LogP contribution is -2.35. The van der Waals surface area contributed by atoms with Gasteiger partial charge in [-0.3, -0.25) is 0 Å². The molecule has 0 aromatic heterocycles. The summed E-state index contributed by atoms with van der Waals surface area (Å²) in [6.45, 7) is 13.5. The van der Waals surface area contributed by atoms with Crippen molar-refractivity contribution in [1.82, 2.24) is 4.90 Å². The molecule has 0 unspecified atom stereocenters. The van der Waals surface area contributed by atoms with Crippen molar-refractivity contribution in [1.29, 1.82) is 0 Å². The molecule has 0 aliphatic carbocycles. The van der Waals surface area contributed by atoms with Gasteiger partial charge in [-0.1, -0.05) is 32.9 Å². The quantitative estimate of drug-likeness (QED) is 0.709. The van der Waals surface area contributed by atoms with E-state index in [4.69, 9.17) is 4.74 Å². The van der Waals surface area contributed by atoms with Crippen LogP contribution in [0.1, 0.15) is 57.1 Å². The Kier molecular flexibility index (Phi) is 6.10. The van der Waals surface area contributed by atoms with E-state index in [-0.39, 0.29) is 0 Å². The lowest BCUT2D eigenvalue weighted by molar-refractivity contribution is 0.169. The molecule has 1 fully saturated rings. The molecule has 0 bridgehead atoms. The smallest absolute Gasteiger partial charge is 0.122 e. The van der Waals surface area contributed by atoms with E-state index in [0.717, 1.165) is 24.7 Å². The van der Waals surface area contributed by atoms with E-state index in [0.29, 0.717) is 5.92 Å². The third-order valence-electron chi connectivity index (χ3n) is 4.41. The van der Waals surface area contributed by atoms with Crippen LogP contribution in [0.4, 0.5) is 0 Å². The standard InChI is InChI=1S/C19H31NO/c1-15(2)18-9-8-16(3)13-19(18)21-12-6-11-20-10-5-7-17(4)14-20/h8-9,13,15,17H,5-7,10-12,14H2,1-4H3/t17-/m0/s1. The molecular formula is C19H31NO. The number of likely N-dealkylation sites (tertiary alicyclic amines) is 1. The van der Waals surface area contributed by atoms with Crippen LogP contribution in [0.3, 0.4) is 0 Å². The lowest BCUT2D eigenvalue weighted by Gasteiger charge is -2.30. The summed E-state index contributed by atoms with van der Waals surface area (Å²) >= 11 is 0. The molecule has 2 heteroatoms. The molecule has 1 atom stereocenters. The third kappa shape index (κ3) is 5.03. The molecule has 1 heterocycles. The van der Waals surface area contributed by atoms with Gasteiger partial charge in [-0.05, 0) is 61.8 Å². The Morgan fingerprint density at radius 3 is 2.86 bits per heavy atom. The molecule has 1 saturated heterocycles. The summed E-state index contributed by atoms with van der Waals surface area (Å²) in [5.41, 5.74) is 2.60. The highest BCUT2D eigenvalue weighted by atomic mass is 16.5. The van der Waals surface area contributed by atoms with E-state index in [2.05, 4.69) is 50.8 Å². The first-order valence-electron chi connectivity index (χ1n) is 8.52. The van der Waals surface area contributed by atoms with Gasteiger partial charge in [-0.2, -0.15) is 0 Å². The minimum Gasteiger partial charge on any atom is -0.493 e. The fourth-order valence-corrected chi connectivity index (χ4v) is 3.20. The van der Waals surface area contributed by atoms with Crippen LogP contribution in [0.5, 0.6) is 5.75 Å². The van der Waals surface area contributed by atoms with Gasteiger partial charge in [0.15, 0.2) is 0 Å². The number of aryl methyl sites for hydroxylation is 1. The number of hydrogen-bond donors (Lipinski definition) is 0. The summed E-state index contributed by atoms with van der Waals surface area (Å²) in [7, 11) is 0. The molecule has 0 saturated carbocycles. The highest BCUT2D eigenvalue weighted by molar-refractivity contribution is 5.39. The zero-order chi connectivity index (χ0) is 15.2. The van der Waals surface area contributed by atoms with Crippen LogP contribution in [-0.2, 0) is 0 Å². The Hall–Kier alpha value is -1.02. The van der Waals surface area contributed by atoms with Crippen molar-refractivity contribution in [2.45, 2.75) is 52.9 Å². The summed E-state index contributed by atoms with van der Waals surface area (Å²) in [4.78, 5) is 2.59. The Morgan fingerprint density at radius 1 is 1.33 bits per heavy atom. The fraction of sp³-hybridized carbons (Fsp3) is 0.684. The molecule has 0 radical (unpaired) electrons. The summed E-state index contributed by atoms with van der Waals surface area (Å²) in [6, 6.07) is 6.57. The van der Waals surface area contributed by atoms with Crippen molar-refractivity contribution in [2.24, 2.45) is 5.92 Å². The van der Waals surface area contributed by atoms with Crippen LogP contribution < -0.4 is 4.74 Å². The maximum Gasteiger partial charge on any atom is 0.122 e. The molecule has 2 rings (SSSR count). The Morgan fingerprint density at radius 2 is 2.14 bits per heavy atom. The van der Waals surface area contributed by atoms with Gasteiger partial charge >= 0.3 is 0 Å². The molecule has 118 valence electrons. The van der Waals surface area contributed by atoms with E-state index in [1.165, 1.54) is 43.6 Å². The summed E-state index contributed by atoms with van der Waals surface area (Å²) < 4.78 is 6.07. The predicted octanol–water partition coefficient (Wildman–Crippen LogP) is 4.62. The number of hydrogen-bond acceptors (Lipinski definition) is 2. The topological polar surface area (TPSA) is 12.5 Å². The minimum absolute atomic E-state index is 0.517. The van der Waals surface area contributed by atoms with Crippen LogP contribution in [0.2, 0.25) is 0 Å². The van der Waals surface area contributed by atoms with E-state index >= 15 is 0 Å². The predicted molar refractivity (Wildman–Crippen MR) is 90.2 cm³/mol. The highest BCUT2D eigenvalue weighted by Gasteiger charge is 2.15. The average Bonchev–Trinajstić information content (AvgIpc) is 2.43. The molecule has 2 nitrogen and oxygen atoms in total. The second-order valence-electron chi connectivity index (χ2n) is 6.95. The number of ether oxygens (including phenoxy) is 1. The van der Waals surface area contributed by atoms with E-state index in [1.807, 2.05) is 0 Å². The highest BCUT2D eigenvalue weighted by Crippen LogP contribution is 2.27. The van der Waals surface area contributed by atoms with Crippen LogP contribution in [-0.4, -0.2) is 31.1 Å². The SMILES string of the molecule is Cc1ccc(C(C)C)c(OCCCN2CCC[C@H](C)C2)c1. The Labute approximate surface area is 130 Å². The zero-order valence-electron chi connectivity index (χ0n) is 14.2. The van der Waals surface area contributed by atoms with Crippen molar-refractivity contribution in [3.8, 4) is 5.75 Å². The number of piperidine rings is 1. The largest absolute Gasteiger partial charge is 0.493 e. The third-order valence-corrected chi connectivity index (χ3v) is 4.41. The van der Waals surface area contributed by atoms with Crippen LogP contribution >= 0.6 is 0 Å². The normalized spacial score (nSPS) is 20.0. The van der Waals surface area contributed by atoms with Crippen LogP contribution in [0, 0.1) is 12.8 Å². The van der Waals surface area contributed by atoms with Crippen LogP contribution in [0.25, 0.3) is 0 Å². The average molecular weight is 289 g/mol. The first kappa shape index (κ1) is 16.4. The Bertz CT molecular complexity index is 441. The molecule has 21 heavy (non-hydrogen) atoms. The van der Waals surface area contributed by atoms with Gasteiger partial charge in [0, 0.05) is 13.1 Å². The van der Waals surface area contributed by atoms with Crippen LogP contribution in [0.15, 0.2) is 18.2 Å². The molecule has 1 aromatic carbocycles. The van der Waals surface area contributed by atoms with E-state index in [9.17, 15) is 0 Å². The fourth-order valence-electron chi connectivity index (χ4n) is 3.20. The van der Waals surface area contributed by atoms with Crippen molar-refractivity contribution < 1.29 is 4.74 Å². The van der Waals surface area contributed by atoms with E-state index in [1.54, 1.807) is 0 Å². The minimum atomic E-state index is 0.517.